The summed E-state index contributed by atoms with van der Waals surface area (Å²) in [7, 11) is 0. The highest BCUT2D eigenvalue weighted by Crippen LogP contribution is 2.07. The average Bonchev–Trinajstić information content (AvgIpc) is 2.65. The van der Waals surface area contributed by atoms with Crippen LogP contribution < -0.4 is 0 Å². The van der Waals surface area contributed by atoms with Crippen LogP contribution in [0.5, 0.6) is 0 Å². The quantitative estimate of drug-likeness (QED) is 0.577. The topological polar surface area (TPSA) is 24.7 Å². The average molecular weight is 312 g/mol. The maximum absolute atomic E-state index is 4.55. The summed E-state index contributed by atoms with van der Waals surface area (Å²) in [4.78, 5) is 9.10. The Kier molecular flexibility index (Phi) is 5.68. The van der Waals surface area contributed by atoms with Gasteiger partial charge in [0.2, 0.25) is 0 Å². The van der Waals surface area contributed by atoms with Gasteiger partial charge in [-0.2, -0.15) is 0 Å². The Hall–Kier alpha value is -3.00. The Morgan fingerprint density at radius 2 is 0.875 bits per heavy atom. The molecule has 2 nitrogen and oxygen atoms in total. The molecule has 0 aliphatic rings. The molecule has 0 aliphatic carbocycles. The third kappa shape index (κ3) is 4.75. The Morgan fingerprint density at radius 3 is 1.29 bits per heavy atom. The molecular formula is C22H20N2. The van der Waals surface area contributed by atoms with E-state index in [-0.39, 0.29) is 0 Å². The molecule has 0 aromatic heterocycles. The molecule has 3 aromatic rings. The van der Waals surface area contributed by atoms with Gasteiger partial charge in [0, 0.05) is 23.6 Å². The first kappa shape index (κ1) is 15.9. The van der Waals surface area contributed by atoms with Crippen molar-refractivity contribution in [3.05, 3.63) is 107 Å². The van der Waals surface area contributed by atoms with Gasteiger partial charge in [-0.3, -0.25) is 9.98 Å². The van der Waals surface area contributed by atoms with Crippen molar-refractivity contribution in [3.63, 3.8) is 0 Å². The lowest BCUT2D eigenvalue weighted by atomic mass is 10.1. The predicted octanol–water partition coefficient (Wildman–Crippen LogP) is 4.92. The number of nitrogens with zero attached hydrogens (tertiary/aromatic N) is 2. The molecule has 0 saturated carbocycles. The lowest BCUT2D eigenvalue weighted by Gasteiger charge is -2.01. The first-order valence-electron chi connectivity index (χ1n) is 8.08. The van der Waals surface area contributed by atoms with E-state index in [4.69, 9.17) is 0 Å². The molecule has 0 saturated heterocycles. The maximum atomic E-state index is 4.55. The van der Waals surface area contributed by atoms with Crippen molar-refractivity contribution in [2.75, 3.05) is 0 Å². The lowest BCUT2D eigenvalue weighted by Crippen LogP contribution is -1.93. The Bertz CT molecular complexity index is 735. The number of hydrogen-bond donors (Lipinski definition) is 0. The van der Waals surface area contributed by atoms with Crippen LogP contribution in [0, 0.1) is 0 Å². The van der Waals surface area contributed by atoms with E-state index in [0.29, 0.717) is 13.1 Å². The van der Waals surface area contributed by atoms with Crippen LogP contribution in [0.2, 0.25) is 0 Å². The fraction of sp³-hybridized carbons (Fsp3) is 0.0909. The van der Waals surface area contributed by atoms with Gasteiger partial charge in [-0.1, -0.05) is 84.9 Å². The molecule has 0 fully saturated rings. The van der Waals surface area contributed by atoms with Crippen LogP contribution in [-0.4, -0.2) is 12.4 Å². The zero-order chi connectivity index (χ0) is 16.5. The van der Waals surface area contributed by atoms with E-state index in [1.807, 2.05) is 61.0 Å². The van der Waals surface area contributed by atoms with Gasteiger partial charge in [0.05, 0.1) is 13.1 Å². The third-order valence-corrected chi connectivity index (χ3v) is 3.69. The molecule has 0 spiro atoms. The molecule has 3 aromatic carbocycles. The molecule has 0 unspecified atom stereocenters. The molecule has 118 valence electrons. The SMILES string of the molecule is C(=NCc1ccccc1)c1ccccc1C=NCc1ccccc1. The molecular weight excluding hydrogens is 292 g/mol. The van der Waals surface area contributed by atoms with Crippen LogP contribution in [-0.2, 0) is 13.1 Å². The summed E-state index contributed by atoms with van der Waals surface area (Å²) in [5.41, 5.74) is 4.60. The standard InChI is InChI=1S/C22H20N2/c1-3-9-19(10-4-1)15-23-17-21-13-7-8-14-22(21)18-24-16-20-11-5-2-6-12-20/h1-14,17-18H,15-16H2. The highest BCUT2D eigenvalue weighted by molar-refractivity contribution is 5.94. The molecule has 0 bridgehead atoms. The zero-order valence-corrected chi connectivity index (χ0v) is 13.5. The normalized spacial score (nSPS) is 11.3. The van der Waals surface area contributed by atoms with E-state index < -0.39 is 0 Å². The fourth-order valence-electron chi connectivity index (χ4n) is 2.41. The van der Waals surface area contributed by atoms with Crippen molar-refractivity contribution in [2.24, 2.45) is 9.98 Å². The lowest BCUT2D eigenvalue weighted by molar-refractivity contribution is 1.07. The Morgan fingerprint density at radius 1 is 0.500 bits per heavy atom. The van der Waals surface area contributed by atoms with Crippen LogP contribution in [0.4, 0.5) is 0 Å². The van der Waals surface area contributed by atoms with Crippen molar-refractivity contribution in [2.45, 2.75) is 13.1 Å². The minimum atomic E-state index is 0.691. The molecule has 3 rings (SSSR count). The van der Waals surface area contributed by atoms with E-state index in [1.54, 1.807) is 0 Å². The Labute approximate surface area is 143 Å². The van der Waals surface area contributed by atoms with Crippen LogP contribution >= 0.6 is 0 Å². The van der Waals surface area contributed by atoms with Crippen LogP contribution in [0.3, 0.4) is 0 Å². The molecule has 0 aliphatic heterocycles. The predicted molar refractivity (Wildman–Crippen MR) is 102 cm³/mol. The summed E-state index contributed by atoms with van der Waals surface area (Å²) in [5, 5.41) is 0. The molecule has 0 N–H and O–H groups in total. The third-order valence-electron chi connectivity index (χ3n) is 3.69. The molecule has 2 heteroatoms. The number of benzene rings is 3. The summed E-state index contributed by atoms with van der Waals surface area (Å²) in [6.07, 6.45) is 3.85. The minimum absolute atomic E-state index is 0.691. The largest absolute Gasteiger partial charge is 0.288 e. The Balaban J connectivity index is 1.66. The van der Waals surface area contributed by atoms with Crippen molar-refractivity contribution >= 4 is 12.4 Å². The van der Waals surface area contributed by atoms with Gasteiger partial charge in [-0.25, -0.2) is 0 Å². The monoisotopic (exact) mass is 312 g/mol. The van der Waals surface area contributed by atoms with Crippen molar-refractivity contribution < 1.29 is 0 Å². The van der Waals surface area contributed by atoms with Gasteiger partial charge >= 0.3 is 0 Å². The summed E-state index contributed by atoms with van der Waals surface area (Å²) in [6, 6.07) is 28.7. The fourth-order valence-corrected chi connectivity index (χ4v) is 2.41. The van der Waals surface area contributed by atoms with Gasteiger partial charge in [-0.15, -0.1) is 0 Å². The van der Waals surface area contributed by atoms with Gasteiger partial charge < -0.3 is 0 Å². The van der Waals surface area contributed by atoms with E-state index in [9.17, 15) is 0 Å². The summed E-state index contributed by atoms with van der Waals surface area (Å²) in [6.45, 7) is 1.38. The second-order valence-corrected chi connectivity index (χ2v) is 5.54. The molecule has 24 heavy (non-hydrogen) atoms. The number of rotatable bonds is 6. The van der Waals surface area contributed by atoms with Gasteiger partial charge in [0.25, 0.3) is 0 Å². The van der Waals surface area contributed by atoms with Crippen LogP contribution in [0.15, 0.2) is 94.9 Å². The van der Waals surface area contributed by atoms with Gasteiger partial charge in [0.15, 0.2) is 0 Å². The number of hydrogen-bond acceptors (Lipinski definition) is 2. The number of aliphatic imine (C=N–C) groups is 2. The summed E-state index contributed by atoms with van der Waals surface area (Å²) >= 11 is 0. The highest BCUT2D eigenvalue weighted by atomic mass is 14.7. The van der Waals surface area contributed by atoms with Crippen molar-refractivity contribution in [1.29, 1.82) is 0 Å². The van der Waals surface area contributed by atoms with E-state index >= 15 is 0 Å². The van der Waals surface area contributed by atoms with E-state index in [0.717, 1.165) is 11.1 Å². The smallest absolute Gasteiger partial charge is 0.0639 e. The molecule has 0 atom stereocenters. The van der Waals surface area contributed by atoms with E-state index in [1.165, 1.54) is 11.1 Å². The molecule has 0 radical (unpaired) electrons. The second-order valence-electron chi connectivity index (χ2n) is 5.54. The first-order chi connectivity index (χ1) is 11.9. The van der Waals surface area contributed by atoms with Crippen molar-refractivity contribution in [3.8, 4) is 0 Å². The summed E-state index contributed by atoms with van der Waals surface area (Å²) < 4.78 is 0. The van der Waals surface area contributed by atoms with Crippen LogP contribution in [0.25, 0.3) is 0 Å². The molecule has 0 heterocycles. The summed E-state index contributed by atoms with van der Waals surface area (Å²) in [5.74, 6) is 0. The van der Waals surface area contributed by atoms with E-state index in [2.05, 4.69) is 46.4 Å². The second kappa shape index (κ2) is 8.59. The van der Waals surface area contributed by atoms with Gasteiger partial charge in [0.1, 0.15) is 0 Å². The highest BCUT2D eigenvalue weighted by Gasteiger charge is 1.96. The van der Waals surface area contributed by atoms with Gasteiger partial charge in [-0.05, 0) is 11.1 Å². The molecule has 0 amide bonds. The first-order valence-corrected chi connectivity index (χ1v) is 8.08. The van der Waals surface area contributed by atoms with Crippen molar-refractivity contribution in [1.82, 2.24) is 0 Å². The minimum Gasteiger partial charge on any atom is -0.288 e. The zero-order valence-electron chi connectivity index (χ0n) is 13.5. The van der Waals surface area contributed by atoms with Crippen LogP contribution in [0.1, 0.15) is 22.3 Å². The maximum Gasteiger partial charge on any atom is 0.0639 e.